The average molecular weight is 372 g/mol. The molecule has 0 saturated carbocycles. The van der Waals surface area contributed by atoms with Crippen LogP contribution in [0.5, 0.6) is 0 Å². The molecule has 144 valence electrons. The van der Waals surface area contributed by atoms with Crippen LogP contribution in [0.1, 0.15) is 39.7 Å². The van der Waals surface area contributed by atoms with E-state index in [1.807, 2.05) is 0 Å². The van der Waals surface area contributed by atoms with Crippen molar-refractivity contribution in [3.05, 3.63) is 62.5 Å². The number of benzene rings is 1. The molecule has 0 unspecified atom stereocenters. The van der Waals surface area contributed by atoms with Crippen molar-refractivity contribution in [2.24, 2.45) is 0 Å². The zero-order valence-electron chi connectivity index (χ0n) is 15.6. The molecule has 1 aliphatic rings. The summed E-state index contributed by atoms with van der Waals surface area (Å²) in [6.45, 7) is 6.89. The number of nitro groups is 1. The molecule has 2 rings (SSSR count). The largest absolute Gasteiger partial charge is 0.545 e. The minimum atomic E-state index is -1.62. The third-order valence-electron chi connectivity index (χ3n) is 5.19. The number of hydrogen-bond acceptors (Lipinski definition) is 7. The Morgan fingerprint density at radius 3 is 1.96 bits per heavy atom. The first-order chi connectivity index (χ1) is 12.6. The molecule has 0 aromatic heterocycles. The van der Waals surface area contributed by atoms with Crippen LogP contribution in [0.2, 0.25) is 0 Å². The first kappa shape index (κ1) is 20.2. The summed E-state index contributed by atoms with van der Waals surface area (Å²) >= 11 is 0. The van der Waals surface area contributed by atoms with E-state index >= 15 is 0 Å². The third kappa shape index (κ3) is 2.97. The van der Waals surface area contributed by atoms with Crippen molar-refractivity contribution < 1.29 is 24.7 Å². The van der Waals surface area contributed by atoms with Crippen molar-refractivity contribution in [3.63, 3.8) is 0 Å². The summed E-state index contributed by atoms with van der Waals surface area (Å²) in [7, 11) is 0. The van der Waals surface area contributed by atoms with Gasteiger partial charge in [-0.25, -0.2) is 0 Å². The van der Waals surface area contributed by atoms with Gasteiger partial charge in [-0.15, -0.1) is 0 Å². The highest BCUT2D eigenvalue weighted by Crippen LogP contribution is 2.49. The van der Waals surface area contributed by atoms with Crippen molar-refractivity contribution in [1.29, 1.82) is 0 Å². The Bertz CT molecular complexity index is 846. The molecule has 27 heavy (non-hydrogen) atoms. The molecule has 8 heteroatoms. The normalized spacial score (nSPS) is 16.5. The van der Waals surface area contributed by atoms with Crippen LogP contribution in [0.4, 0.5) is 5.69 Å². The quantitative estimate of drug-likeness (QED) is 0.529. The predicted octanol–water partition coefficient (Wildman–Crippen LogP) is 0.626. The van der Waals surface area contributed by atoms with Crippen molar-refractivity contribution >= 4 is 17.6 Å². The molecule has 0 amide bonds. The maximum Gasteiger partial charge on any atom is 0.269 e. The lowest BCUT2D eigenvalue weighted by molar-refractivity contribution is -0.385. The zero-order valence-corrected chi connectivity index (χ0v) is 15.6. The number of rotatable bonds is 6. The molecule has 8 nitrogen and oxygen atoms in total. The van der Waals surface area contributed by atoms with E-state index in [0.29, 0.717) is 17.9 Å². The maximum absolute atomic E-state index is 12.1. The van der Waals surface area contributed by atoms with E-state index in [2.05, 4.69) is 0 Å². The molecule has 1 heterocycles. The number of nitro benzene ring substituents is 1. The number of carboxylic acid groups (broad SMARTS) is 2. The van der Waals surface area contributed by atoms with E-state index in [0.717, 1.165) is 0 Å². The van der Waals surface area contributed by atoms with Gasteiger partial charge >= 0.3 is 0 Å². The average Bonchev–Trinajstić information content (AvgIpc) is 2.60. The van der Waals surface area contributed by atoms with Crippen LogP contribution in [0.25, 0.3) is 0 Å². The summed E-state index contributed by atoms with van der Waals surface area (Å²) in [6, 6.07) is 5.36. The second-order valence-corrected chi connectivity index (χ2v) is 6.31. The first-order valence-electron chi connectivity index (χ1n) is 8.51. The molecule has 0 bridgehead atoms. The van der Waals surface area contributed by atoms with Crippen molar-refractivity contribution in [1.82, 2.24) is 4.90 Å². The van der Waals surface area contributed by atoms with Gasteiger partial charge in [-0.3, -0.25) is 10.1 Å². The fourth-order valence-corrected chi connectivity index (χ4v) is 4.11. The lowest BCUT2D eigenvalue weighted by atomic mass is 9.64. The zero-order chi connectivity index (χ0) is 20.5. The molecular weight excluding hydrogens is 352 g/mol. The van der Waals surface area contributed by atoms with Gasteiger partial charge < -0.3 is 24.7 Å². The lowest BCUT2D eigenvalue weighted by Gasteiger charge is -2.47. The van der Waals surface area contributed by atoms with Crippen LogP contribution in [0.15, 0.2) is 46.8 Å². The Morgan fingerprint density at radius 2 is 1.59 bits per heavy atom. The number of aliphatic carboxylic acids is 2. The van der Waals surface area contributed by atoms with Crippen LogP contribution in [0.3, 0.4) is 0 Å². The summed E-state index contributed by atoms with van der Waals surface area (Å²) < 4.78 is 0. The van der Waals surface area contributed by atoms with Crippen LogP contribution in [0, 0.1) is 10.1 Å². The molecule has 0 radical (unpaired) electrons. The molecule has 0 N–H and O–H groups in total. The highest BCUT2D eigenvalue weighted by molar-refractivity contribution is 5.99. The van der Waals surface area contributed by atoms with Gasteiger partial charge in [-0.2, -0.15) is 0 Å². The molecule has 1 aromatic rings. The molecule has 1 aliphatic heterocycles. The van der Waals surface area contributed by atoms with Gasteiger partial charge in [-0.05, 0) is 32.8 Å². The summed E-state index contributed by atoms with van der Waals surface area (Å²) in [5.74, 6) is -3.05. The fraction of sp³-hybridized carbons (Fsp3) is 0.368. The van der Waals surface area contributed by atoms with Crippen LogP contribution < -0.4 is 10.2 Å². The molecule has 0 spiro atoms. The topological polar surface area (TPSA) is 127 Å². The van der Waals surface area contributed by atoms with Gasteiger partial charge in [0.25, 0.3) is 5.69 Å². The van der Waals surface area contributed by atoms with Gasteiger partial charge in [-0.1, -0.05) is 19.1 Å². The monoisotopic (exact) mass is 372 g/mol. The van der Waals surface area contributed by atoms with Crippen LogP contribution in [-0.2, 0) is 15.0 Å². The number of nitrogens with zero attached hydrogens (tertiary/aromatic N) is 2. The minimum absolute atomic E-state index is 0.0486. The minimum Gasteiger partial charge on any atom is -0.545 e. The Hall–Kier alpha value is -3.16. The van der Waals surface area contributed by atoms with Crippen LogP contribution >= 0.6 is 0 Å². The Balaban J connectivity index is 3.00. The smallest absolute Gasteiger partial charge is 0.269 e. The highest BCUT2D eigenvalue weighted by atomic mass is 16.6. The Labute approximate surface area is 156 Å². The molecule has 0 atom stereocenters. The van der Waals surface area contributed by atoms with Gasteiger partial charge in [0, 0.05) is 41.2 Å². The molecular formula is C19H20N2O6-2. The highest BCUT2D eigenvalue weighted by Gasteiger charge is 2.46. The summed E-state index contributed by atoms with van der Waals surface area (Å²) in [5.41, 5.74) is -1.45. The number of carbonyl (C=O) groups excluding carboxylic acids is 2. The van der Waals surface area contributed by atoms with E-state index in [1.165, 1.54) is 24.3 Å². The van der Waals surface area contributed by atoms with Gasteiger partial charge in [0.1, 0.15) is 0 Å². The fourth-order valence-electron chi connectivity index (χ4n) is 4.11. The first-order valence-corrected chi connectivity index (χ1v) is 8.51. The number of carbonyl (C=O) groups is 2. The van der Waals surface area contributed by atoms with Gasteiger partial charge in [0.2, 0.25) is 0 Å². The maximum atomic E-state index is 12.1. The number of hydrogen-bond donors (Lipinski definition) is 0. The molecule has 0 saturated heterocycles. The second-order valence-electron chi connectivity index (χ2n) is 6.31. The van der Waals surface area contributed by atoms with E-state index < -0.39 is 22.3 Å². The molecule has 0 aliphatic carbocycles. The lowest BCUT2D eigenvalue weighted by Crippen LogP contribution is -2.50. The Kier molecular flexibility index (Phi) is 5.39. The SMILES string of the molecule is CCN1C(C)=C(C(=O)[O-])C(CC)(c2cccc([N+](=O)[O-])c2)C(C(=O)[O-])=C1C. The van der Waals surface area contributed by atoms with Crippen molar-refractivity contribution in [2.45, 2.75) is 39.5 Å². The van der Waals surface area contributed by atoms with E-state index in [9.17, 15) is 29.9 Å². The third-order valence-corrected chi connectivity index (χ3v) is 5.19. The predicted molar refractivity (Wildman–Crippen MR) is 92.9 cm³/mol. The van der Waals surface area contributed by atoms with Crippen LogP contribution in [-0.4, -0.2) is 28.3 Å². The van der Waals surface area contributed by atoms with Crippen molar-refractivity contribution in [2.75, 3.05) is 6.54 Å². The molecule has 0 fully saturated rings. The standard InChI is InChI=1S/C19H22N2O6/c1-5-19(13-8-7-9-14(10-13)21(26)27)15(17(22)23)11(3)20(6-2)12(4)16(19)18(24)25/h7-10H,5-6H2,1-4H3,(H,22,23)(H,24,25)/p-2. The molecule has 1 aromatic carbocycles. The van der Waals surface area contributed by atoms with E-state index in [-0.39, 0.29) is 28.8 Å². The number of non-ortho nitro benzene ring substituents is 1. The van der Waals surface area contributed by atoms with Gasteiger partial charge in [0.05, 0.1) is 22.3 Å². The van der Waals surface area contributed by atoms with Crippen molar-refractivity contribution in [3.8, 4) is 0 Å². The van der Waals surface area contributed by atoms with E-state index in [1.54, 1.807) is 32.6 Å². The number of carboxylic acids is 2. The summed E-state index contributed by atoms with van der Waals surface area (Å²) in [5, 5.41) is 35.4. The van der Waals surface area contributed by atoms with Gasteiger partial charge in [0.15, 0.2) is 0 Å². The summed E-state index contributed by atoms with van der Waals surface area (Å²) in [4.78, 5) is 36.4. The Morgan fingerprint density at radius 1 is 1.07 bits per heavy atom. The number of allylic oxidation sites excluding steroid dienone is 2. The summed E-state index contributed by atoms with van der Waals surface area (Å²) in [6.07, 6.45) is 0.0486. The van der Waals surface area contributed by atoms with E-state index in [4.69, 9.17) is 0 Å². The second kappa shape index (κ2) is 7.22.